The van der Waals surface area contributed by atoms with Gasteiger partial charge in [0.25, 0.3) is 0 Å². The van der Waals surface area contributed by atoms with Crippen molar-refractivity contribution in [1.29, 1.82) is 0 Å². The van der Waals surface area contributed by atoms with Crippen molar-refractivity contribution in [3.8, 4) is 23.3 Å². The Labute approximate surface area is 83.4 Å². The molecule has 0 aliphatic carbocycles. The second-order valence-corrected chi connectivity index (χ2v) is 2.83. The Hall–Kier alpha value is -1.66. The highest BCUT2D eigenvalue weighted by atomic mass is 16.3. The van der Waals surface area contributed by atoms with Crippen molar-refractivity contribution in [1.82, 2.24) is 5.32 Å². The summed E-state index contributed by atoms with van der Waals surface area (Å²) >= 11 is 0. The fourth-order valence-electron chi connectivity index (χ4n) is 0.995. The van der Waals surface area contributed by atoms with Gasteiger partial charge in [-0.25, -0.2) is 0 Å². The number of benzene rings is 1. The van der Waals surface area contributed by atoms with E-state index in [2.05, 4.69) is 17.2 Å². The molecule has 0 unspecified atom stereocenters. The topological polar surface area (TPSA) is 52.5 Å². The van der Waals surface area contributed by atoms with Gasteiger partial charge in [0.2, 0.25) is 0 Å². The van der Waals surface area contributed by atoms with Crippen LogP contribution in [-0.2, 0) is 0 Å². The summed E-state index contributed by atoms with van der Waals surface area (Å²) in [5.74, 6) is 5.61. The van der Waals surface area contributed by atoms with Gasteiger partial charge >= 0.3 is 0 Å². The van der Waals surface area contributed by atoms with Gasteiger partial charge in [0.1, 0.15) is 17.1 Å². The zero-order chi connectivity index (χ0) is 10.4. The number of nitrogens with one attached hydrogen (secondary N) is 1. The SMILES string of the molecule is CNCCC#Cc1c(O)cccc1O. The summed E-state index contributed by atoms with van der Waals surface area (Å²) in [4.78, 5) is 0. The smallest absolute Gasteiger partial charge is 0.134 e. The fourth-order valence-corrected chi connectivity index (χ4v) is 0.995. The number of phenolic OH excluding ortho intramolecular Hbond substituents is 2. The van der Waals surface area contributed by atoms with Gasteiger partial charge in [0.15, 0.2) is 0 Å². The third kappa shape index (κ3) is 2.68. The molecule has 1 rings (SSSR count). The first-order valence-corrected chi connectivity index (χ1v) is 4.40. The average molecular weight is 191 g/mol. The molecule has 0 fully saturated rings. The van der Waals surface area contributed by atoms with Crippen LogP contribution in [0.1, 0.15) is 12.0 Å². The molecule has 0 atom stereocenters. The molecule has 3 nitrogen and oxygen atoms in total. The van der Waals surface area contributed by atoms with Crippen LogP contribution in [0.2, 0.25) is 0 Å². The third-order valence-corrected chi connectivity index (χ3v) is 1.73. The first kappa shape index (κ1) is 10.4. The van der Waals surface area contributed by atoms with E-state index < -0.39 is 0 Å². The van der Waals surface area contributed by atoms with Crippen LogP contribution in [0.5, 0.6) is 11.5 Å². The highest BCUT2D eigenvalue weighted by molar-refractivity contribution is 5.53. The van der Waals surface area contributed by atoms with Gasteiger partial charge in [-0.15, -0.1) is 0 Å². The molecule has 3 N–H and O–H groups in total. The van der Waals surface area contributed by atoms with Crippen LogP contribution in [0.15, 0.2) is 18.2 Å². The number of hydrogen-bond acceptors (Lipinski definition) is 3. The predicted octanol–water partition coefficient (Wildman–Crippen LogP) is 1.06. The lowest BCUT2D eigenvalue weighted by molar-refractivity contribution is 0.448. The van der Waals surface area contributed by atoms with E-state index in [1.807, 2.05) is 7.05 Å². The molecule has 0 spiro atoms. The van der Waals surface area contributed by atoms with Crippen LogP contribution in [0.25, 0.3) is 0 Å². The number of aromatic hydroxyl groups is 2. The summed E-state index contributed by atoms with van der Waals surface area (Å²) in [6.07, 6.45) is 0.685. The number of rotatable bonds is 2. The largest absolute Gasteiger partial charge is 0.507 e. The molecule has 0 aliphatic heterocycles. The van der Waals surface area contributed by atoms with E-state index in [0.29, 0.717) is 12.0 Å². The molecule has 0 aromatic heterocycles. The van der Waals surface area contributed by atoms with E-state index in [1.165, 1.54) is 12.1 Å². The molecular weight excluding hydrogens is 178 g/mol. The number of hydrogen-bond donors (Lipinski definition) is 3. The molecule has 0 radical (unpaired) electrons. The molecule has 0 amide bonds. The molecule has 74 valence electrons. The minimum Gasteiger partial charge on any atom is -0.507 e. The summed E-state index contributed by atoms with van der Waals surface area (Å²) < 4.78 is 0. The summed E-state index contributed by atoms with van der Waals surface area (Å²) in [6, 6.07) is 4.58. The maximum atomic E-state index is 9.37. The highest BCUT2D eigenvalue weighted by Crippen LogP contribution is 2.24. The Bertz CT molecular complexity index is 343. The lowest BCUT2D eigenvalue weighted by Gasteiger charge is -1.98. The Kier molecular flexibility index (Phi) is 3.84. The summed E-state index contributed by atoms with van der Waals surface area (Å²) in [5, 5.41) is 21.7. The van der Waals surface area contributed by atoms with Crippen molar-refractivity contribution < 1.29 is 10.2 Å². The van der Waals surface area contributed by atoms with Gasteiger partial charge in [-0.2, -0.15) is 0 Å². The lowest BCUT2D eigenvalue weighted by atomic mass is 10.2. The number of phenols is 2. The van der Waals surface area contributed by atoms with Crippen LogP contribution in [0.3, 0.4) is 0 Å². The molecule has 0 aliphatic rings. The lowest BCUT2D eigenvalue weighted by Crippen LogP contribution is -2.05. The molecule has 3 heteroatoms. The van der Waals surface area contributed by atoms with E-state index >= 15 is 0 Å². The van der Waals surface area contributed by atoms with Crippen LogP contribution in [-0.4, -0.2) is 23.8 Å². The van der Waals surface area contributed by atoms with E-state index in [1.54, 1.807) is 6.07 Å². The molecule has 0 bridgehead atoms. The summed E-state index contributed by atoms with van der Waals surface area (Å²) in [5.41, 5.74) is 0.295. The van der Waals surface area contributed by atoms with E-state index in [4.69, 9.17) is 0 Å². The standard InChI is InChI=1S/C11H13NO2/c1-12-8-3-2-5-9-10(13)6-4-7-11(9)14/h4,6-7,12-14H,3,8H2,1H3. The summed E-state index contributed by atoms with van der Waals surface area (Å²) in [7, 11) is 1.85. The Morgan fingerprint density at radius 2 is 1.93 bits per heavy atom. The zero-order valence-electron chi connectivity index (χ0n) is 8.04. The molecule has 0 heterocycles. The molecule has 1 aromatic carbocycles. The average Bonchev–Trinajstić information content (AvgIpc) is 2.16. The third-order valence-electron chi connectivity index (χ3n) is 1.73. The monoisotopic (exact) mass is 191 g/mol. The van der Waals surface area contributed by atoms with Crippen molar-refractivity contribution in [2.24, 2.45) is 0 Å². The van der Waals surface area contributed by atoms with Crippen LogP contribution >= 0.6 is 0 Å². The fraction of sp³-hybridized carbons (Fsp3) is 0.273. The predicted molar refractivity (Wildman–Crippen MR) is 55.2 cm³/mol. The molecule has 14 heavy (non-hydrogen) atoms. The van der Waals surface area contributed by atoms with E-state index in [0.717, 1.165) is 6.54 Å². The minimum absolute atomic E-state index is 0.0157. The molecule has 0 saturated heterocycles. The van der Waals surface area contributed by atoms with Gasteiger partial charge < -0.3 is 15.5 Å². The van der Waals surface area contributed by atoms with Crippen molar-refractivity contribution in [2.45, 2.75) is 6.42 Å². The van der Waals surface area contributed by atoms with E-state index in [9.17, 15) is 10.2 Å². The van der Waals surface area contributed by atoms with Crippen molar-refractivity contribution in [2.75, 3.05) is 13.6 Å². The minimum atomic E-state index is 0.0157. The Balaban J connectivity index is 2.78. The zero-order valence-corrected chi connectivity index (χ0v) is 8.04. The van der Waals surface area contributed by atoms with Crippen LogP contribution in [0, 0.1) is 11.8 Å². The quantitative estimate of drug-likeness (QED) is 0.484. The maximum absolute atomic E-state index is 9.37. The second-order valence-electron chi connectivity index (χ2n) is 2.83. The van der Waals surface area contributed by atoms with Crippen molar-refractivity contribution >= 4 is 0 Å². The van der Waals surface area contributed by atoms with E-state index in [-0.39, 0.29) is 11.5 Å². The summed E-state index contributed by atoms with van der Waals surface area (Å²) in [6.45, 7) is 0.793. The molecule has 0 saturated carbocycles. The normalized spacial score (nSPS) is 9.21. The van der Waals surface area contributed by atoms with Crippen molar-refractivity contribution in [3.63, 3.8) is 0 Å². The van der Waals surface area contributed by atoms with Gasteiger partial charge in [-0.05, 0) is 19.2 Å². The van der Waals surface area contributed by atoms with Crippen LogP contribution < -0.4 is 5.32 Å². The van der Waals surface area contributed by atoms with Gasteiger partial charge in [0, 0.05) is 13.0 Å². The van der Waals surface area contributed by atoms with Crippen LogP contribution in [0.4, 0.5) is 0 Å². The molecule has 1 aromatic rings. The molecular formula is C11H13NO2. The Morgan fingerprint density at radius 1 is 1.29 bits per heavy atom. The first-order chi connectivity index (χ1) is 6.75. The van der Waals surface area contributed by atoms with Crippen molar-refractivity contribution in [3.05, 3.63) is 23.8 Å². The van der Waals surface area contributed by atoms with Gasteiger partial charge in [-0.3, -0.25) is 0 Å². The maximum Gasteiger partial charge on any atom is 0.134 e. The Morgan fingerprint density at radius 3 is 2.50 bits per heavy atom. The highest BCUT2D eigenvalue weighted by Gasteiger charge is 2.01. The first-order valence-electron chi connectivity index (χ1n) is 4.40. The van der Waals surface area contributed by atoms with Gasteiger partial charge in [-0.1, -0.05) is 17.9 Å². The van der Waals surface area contributed by atoms with Gasteiger partial charge in [0.05, 0.1) is 0 Å². The second kappa shape index (κ2) is 5.15.